The first-order valence-electron chi connectivity index (χ1n) is 4.68. The Morgan fingerprint density at radius 1 is 1.31 bits per heavy atom. The molecule has 0 spiro atoms. The van der Waals surface area contributed by atoms with Crippen LogP contribution in [0.1, 0.15) is 27.8 Å². The lowest BCUT2D eigenvalue weighted by molar-refractivity contribution is 0.112. The maximum atomic E-state index is 10.5. The third kappa shape index (κ3) is 2.23. The molecular weight excluding hydrogens is 272 g/mol. The van der Waals surface area contributed by atoms with E-state index in [0.717, 1.165) is 10.0 Å². The summed E-state index contributed by atoms with van der Waals surface area (Å²) in [7, 11) is 0. The predicted molar refractivity (Wildman–Crippen MR) is 62.3 cm³/mol. The van der Waals surface area contributed by atoms with E-state index >= 15 is 0 Å². The van der Waals surface area contributed by atoms with Crippen molar-refractivity contribution in [2.75, 3.05) is 0 Å². The third-order valence-corrected chi connectivity index (χ3v) is 2.76. The average Bonchev–Trinajstić information content (AvgIpc) is 2.77. The van der Waals surface area contributed by atoms with E-state index in [9.17, 15) is 9.90 Å². The van der Waals surface area contributed by atoms with Gasteiger partial charge in [0.05, 0.1) is 5.56 Å². The molecule has 0 aliphatic heterocycles. The first-order valence-corrected chi connectivity index (χ1v) is 5.47. The van der Waals surface area contributed by atoms with Crippen LogP contribution in [0.15, 0.2) is 45.5 Å². The molecule has 0 saturated carbocycles. The van der Waals surface area contributed by atoms with Crippen molar-refractivity contribution < 1.29 is 14.3 Å². The SMILES string of the molecule is O=Cc1coc(C(O)c2ccc(Br)cc2)c1. The lowest BCUT2D eigenvalue weighted by Crippen LogP contribution is -1.97. The highest BCUT2D eigenvalue weighted by Crippen LogP contribution is 2.24. The molecule has 1 heterocycles. The molecule has 0 radical (unpaired) electrons. The van der Waals surface area contributed by atoms with E-state index < -0.39 is 6.10 Å². The van der Waals surface area contributed by atoms with Gasteiger partial charge in [-0.3, -0.25) is 4.79 Å². The molecule has 2 rings (SSSR count). The summed E-state index contributed by atoms with van der Waals surface area (Å²) in [5, 5.41) is 9.97. The van der Waals surface area contributed by atoms with Crippen LogP contribution in [0.4, 0.5) is 0 Å². The molecule has 0 amide bonds. The molecule has 16 heavy (non-hydrogen) atoms. The van der Waals surface area contributed by atoms with Gasteiger partial charge in [-0.2, -0.15) is 0 Å². The molecule has 1 aromatic carbocycles. The minimum absolute atomic E-state index is 0.365. The van der Waals surface area contributed by atoms with E-state index in [-0.39, 0.29) is 0 Å². The van der Waals surface area contributed by atoms with Crippen LogP contribution in [-0.4, -0.2) is 11.4 Å². The highest BCUT2D eigenvalue weighted by atomic mass is 79.9. The smallest absolute Gasteiger partial charge is 0.153 e. The van der Waals surface area contributed by atoms with Crippen LogP contribution < -0.4 is 0 Å². The van der Waals surface area contributed by atoms with Crippen molar-refractivity contribution in [1.29, 1.82) is 0 Å². The van der Waals surface area contributed by atoms with Gasteiger partial charge >= 0.3 is 0 Å². The maximum absolute atomic E-state index is 10.5. The molecular formula is C12H9BrO3. The van der Waals surface area contributed by atoms with E-state index in [0.29, 0.717) is 17.6 Å². The Bertz CT molecular complexity index is 487. The molecule has 0 fully saturated rings. The molecule has 3 nitrogen and oxygen atoms in total. The number of carbonyl (C=O) groups is 1. The van der Waals surface area contributed by atoms with Crippen molar-refractivity contribution in [2.24, 2.45) is 0 Å². The van der Waals surface area contributed by atoms with Gasteiger partial charge in [0.1, 0.15) is 18.1 Å². The Kier molecular flexibility index (Phi) is 3.22. The van der Waals surface area contributed by atoms with Crippen LogP contribution in [0.3, 0.4) is 0 Å². The van der Waals surface area contributed by atoms with Crippen LogP contribution in [0.25, 0.3) is 0 Å². The standard InChI is InChI=1S/C12H9BrO3/c13-10-3-1-9(2-4-10)12(15)11-5-8(6-14)7-16-11/h1-7,12,15H. The minimum Gasteiger partial charge on any atom is -0.465 e. The van der Waals surface area contributed by atoms with Crippen LogP contribution in [0.2, 0.25) is 0 Å². The number of aliphatic hydroxyl groups is 1. The van der Waals surface area contributed by atoms with Gasteiger partial charge in [0.2, 0.25) is 0 Å². The summed E-state index contributed by atoms with van der Waals surface area (Å²) in [5.41, 5.74) is 1.14. The molecule has 0 saturated heterocycles. The molecule has 82 valence electrons. The number of benzene rings is 1. The van der Waals surface area contributed by atoms with Gasteiger partial charge in [-0.1, -0.05) is 28.1 Å². The largest absolute Gasteiger partial charge is 0.465 e. The summed E-state index contributed by atoms with van der Waals surface area (Å²) in [4.78, 5) is 10.5. The molecule has 0 bridgehead atoms. The van der Waals surface area contributed by atoms with Gasteiger partial charge < -0.3 is 9.52 Å². The molecule has 2 aromatic rings. The Balaban J connectivity index is 2.27. The Morgan fingerprint density at radius 3 is 2.56 bits per heavy atom. The molecule has 1 aromatic heterocycles. The van der Waals surface area contributed by atoms with E-state index in [1.807, 2.05) is 12.1 Å². The first kappa shape index (κ1) is 11.1. The number of hydrogen-bond acceptors (Lipinski definition) is 3. The average molecular weight is 281 g/mol. The van der Waals surface area contributed by atoms with E-state index in [4.69, 9.17) is 4.42 Å². The van der Waals surface area contributed by atoms with Gasteiger partial charge in [0.15, 0.2) is 6.29 Å². The van der Waals surface area contributed by atoms with Gasteiger partial charge in [-0.05, 0) is 23.8 Å². The number of aliphatic hydroxyl groups excluding tert-OH is 1. The zero-order chi connectivity index (χ0) is 11.5. The normalized spacial score (nSPS) is 12.4. The Hall–Kier alpha value is -1.39. The first-order chi connectivity index (χ1) is 7.70. The number of aldehydes is 1. The topological polar surface area (TPSA) is 50.4 Å². The fourth-order valence-electron chi connectivity index (χ4n) is 1.38. The van der Waals surface area contributed by atoms with Crippen LogP contribution in [0.5, 0.6) is 0 Å². The van der Waals surface area contributed by atoms with E-state index in [1.54, 1.807) is 12.1 Å². The van der Waals surface area contributed by atoms with Crippen molar-refractivity contribution in [1.82, 2.24) is 0 Å². The summed E-state index contributed by atoms with van der Waals surface area (Å²) in [6.45, 7) is 0. The molecule has 0 aliphatic rings. The summed E-state index contributed by atoms with van der Waals surface area (Å²) < 4.78 is 6.05. The molecule has 1 unspecified atom stereocenters. The zero-order valence-corrected chi connectivity index (χ0v) is 9.85. The van der Waals surface area contributed by atoms with Crippen LogP contribution in [0, 0.1) is 0 Å². The van der Waals surface area contributed by atoms with Gasteiger partial charge in [0, 0.05) is 4.47 Å². The molecule has 1 N–H and O–H groups in total. The highest BCUT2D eigenvalue weighted by molar-refractivity contribution is 9.10. The molecule has 1 atom stereocenters. The second kappa shape index (κ2) is 4.63. The second-order valence-corrected chi connectivity index (χ2v) is 4.27. The Morgan fingerprint density at radius 2 is 2.00 bits per heavy atom. The number of hydrogen-bond donors (Lipinski definition) is 1. The van der Waals surface area contributed by atoms with Crippen molar-refractivity contribution in [3.8, 4) is 0 Å². The van der Waals surface area contributed by atoms with Crippen molar-refractivity contribution >= 4 is 22.2 Å². The highest BCUT2D eigenvalue weighted by Gasteiger charge is 2.14. The predicted octanol–water partition coefficient (Wildman–Crippen LogP) is 2.94. The van der Waals surface area contributed by atoms with Gasteiger partial charge in [0.25, 0.3) is 0 Å². The molecule has 4 heteroatoms. The summed E-state index contributed by atoms with van der Waals surface area (Å²) in [5.74, 6) is 0.365. The number of carbonyl (C=O) groups excluding carboxylic acids is 1. The number of furan rings is 1. The van der Waals surface area contributed by atoms with Gasteiger partial charge in [-0.25, -0.2) is 0 Å². The van der Waals surface area contributed by atoms with Crippen LogP contribution in [-0.2, 0) is 0 Å². The fraction of sp³-hybridized carbons (Fsp3) is 0.0833. The lowest BCUT2D eigenvalue weighted by Gasteiger charge is -2.07. The fourth-order valence-corrected chi connectivity index (χ4v) is 1.65. The Labute approximate surface area is 101 Å². The third-order valence-electron chi connectivity index (χ3n) is 2.23. The number of halogens is 1. The summed E-state index contributed by atoms with van der Waals surface area (Å²) in [6.07, 6.45) is 1.16. The second-order valence-electron chi connectivity index (χ2n) is 3.35. The van der Waals surface area contributed by atoms with Crippen LogP contribution >= 0.6 is 15.9 Å². The summed E-state index contributed by atoms with van der Waals surface area (Å²) in [6, 6.07) is 8.78. The maximum Gasteiger partial charge on any atom is 0.153 e. The quantitative estimate of drug-likeness (QED) is 0.880. The van der Waals surface area contributed by atoms with E-state index in [2.05, 4.69) is 15.9 Å². The lowest BCUT2D eigenvalue weighted by atomic mass is 10.1. The van der Waals surface area contributed by atoms with Crippen molar-refractivity contribution in [2.45, 2.75) is 6.10 Å². The minimum atomic E-state index is -0.846. The summed E-state index contributed by atoms with van der Waals surface area (Å²) >= 11 is 3.31. The molecule has 0 aliphatic carbocycles. The van der Waals surface area contributed by atoms with Crippen molar-refractivity contribution in [3.05, 3.63) is 58.0 Å². The van der Waals surface area contributed by atoms with Crippen molar-refractivity contribution in [3.63, 3.8) is 0 Å². The van der Waals surface area contributed by atoms with E-state index in [1.165, 1.54) is 12.3 Å². The monoisotopic (exact) mass is 280 g/mol. The zero-order valence-electron chi connectivity index (χ0n) is 8.26. The number of rotatable bonds is 3. The van der Waals surface area contributed by atoms with Gasteiger partial charge in [-0.15, -0.1) is 0 Å².